The molecule has 2 aliphatic rings. The summed E-state index contributed by atoms with van der Waals surface area (Å²) in [5, 5.41) is 0. The number of piperidine rings is 1. The summed E-state index contributed by atoms with van der Waals surface area (Å²) in [5.74, 6) is 0.841. The Labute approximate surface area is 130 Å². The summed E-state index contributed by atoms with van der Waals surface area (Å²) < 4.78 is 16.1. The molecule has 0 bridgehead atoms. The number of aryl methyl sites for hydroxylation is 2. The molecule has 1 saturated heterocycles. The zero-order valence-corrected chi connectivity index (χ0v) is 12.8. The molecule has 0 saturated carbocycles. The average Bonchev–Trinajstić information content (AvgIpc) is 2.91. The van der Waals surface area contributed by atoms with E-state index in [2.05, 4.69) is 21.5 Å². The van der Waals surface area contributed by atoms with Crippen LogP contribution in [0.5, 0.6) is 0 Å². The van der Waals surface area contributed by atoms with Crippen molar-refractivity contribution in [2.45, 2.75) is 25.8 Å². The molecule has 0 amide bonds. The summed E-state index contributed by atoms with van der Waals surface area (Å²) in [5.41, 5.74) is 4.86. The summed E-state index contributed by atoms with van der Waals surface area (Å²) in [6, 6.07) is 5.21. The molecule has 3 heterocycles. The van der Waals surface area contributed by atoms with E-state index < -0.39 is 0 Å². The fourth-order valence-corrected chi connectivity index (χ4v) is 3.57. The first-order chi connectivity index (χ1) is 10.7. The Kier molecular flexibility index (Phi) is 3.34. The van der Waals surface area contributed by atoms with Crippen molar-refractivity contribution in [3.05, 3.63) is 58.9 Å². The standard InChI is InChI=1S/C18H20FN3/c1-21-8-4-14(5-9-21)17-16-12-15(19)3-2-13(16)6-10-22-11-7-20-18(17)22/h2-3,7,11-12H,4-6,8-10H2,1H3. The van der Waals surface area contributed by atoms with E-state index in [4.69, 9.17) is 0 Å². The van der Waals surface area contributed by atoms with E-state index in [9.17, 15) is 4.39 Å². The highest BCUT2D eigenvalue weighted by molar-refractivity contribution is 5.81. The van der Waals surface area contributed by atoms with Crippen LogP contribution < -0.4 is 0 Å². The Morgan fingerprint density at radius 1 is 1.09 bits per heavy atom. The molecule has 0 atom stereocenters. The molecular formula is C18H20FN3. The first-order valence-electron chi connectivity index (χ1n) is 7.93. The molecule has 0 unspecified atom stereocenters. The quantitative estimate of drug-likeness (QED) is 0.745. The highest BCUT2D eigenvalue weighted by atomic mass is 19.1. The van der Waals surface area contributed by atoms with E-state index in [1.54, 1.807) is 12.1 Å². The van der Waals surface area contributed by atoms with Crippen LogP contribution in [0.1, 0.15) is 29.8 Å². The van der Waals surface area contributed by atoms with Gasteiger partial charge in [-0.25, -0.2) is 9.37 Å². The topological polar surface area (TPSA) is 21.1 Å². The van der Waals surface area contributed by atoms with Crippen LogP contribution >= 0.6 is 0 Å². The van der Waals surface area contributed by atoms with Crippen LogP contribution in [0.25, 0.3) is 5.57 Å². The van der Waals surface area contributed by atoms with Crippen LogP contribution in [0, 0.1) is 5.82 Å². The molecule has 4 rings (SSSR count). The van der Waals surface area contributed by atoms with Gasteiger partial charge in [0.05, 0.1) is 0 Å². The molecule has 22 heavy (non-hydrogen) atoms. The smallest absolute Gasteiger partial charge is 0.140 e. The molecule has 114 valence electrons. The van der Waals surface area contributed by atoms with E-state index in [1.807, 2.05) is 18.5 Å². The first kappa shape index (κ1) is 13.7. The van der Waals surface area contributed by atoms with E-state index in [-0.39, 0.29) is 5.82 Å². The van der Waals surface area contributed by atoms with Crippen LogP contribution in [0.3, 0.4) is 0 Å². The molecule has 2 aliphatic heterocycles. The minimum atomic E-state index is -0.162. The fourth-order valence-electron chi connectivity index (χ4n) is 3.57. The monoisotopic (exact) mass is 297 g/mol. The highest BCUT2D eigenvalue weighted by Gasteiger charge is 2.24. The van der Waals surface area contributed by atoms with Gasteiger partial charge in [0.2, 0.25) is 0 Å². The molecule has 0 aliphatic carbocycles. The minimum Gasteiger partial charge on any atom is -0.331 e. The second kappa shape index (κ2) is 5.36. The number of benzene rings is 1. The SMILES string of the molecule is CN1CCC(=C2c3cc(F)ccc3CCn3ccnc32)CC1. The maximum absolute atomic E-state index is 13.9. The Morgan fingerprint density at radius 3 is 2.73 bits per heavy atom. The van der Waals surface area contributed by atoms with Gasteiger partial charge in [-0.05, 0) is 49.6 Å². The summed E-state index contributed by atoms with van der Waals surface area (Å²) in [7, 11) is 2.16. The number of nitrogens with zero attached hydrogens (tertiary/aromatic N) is 3. The van der Waals surface area contributed by atoms with Gasteiger partial charge in [0, 0.05) is 37.6 Å². The average molecular weight is 297 g/mol. The van der Waals surface area contributed by atoms with Gasteiger partial charge in [-0.3, -0.25) is 0 Å². The van der Waals surface area contributed by atoms with Crippen molar-refractivity contribution < 1.29 is 4.39 Å². The number of fused-ring (bicyclic) bond motifs is 2. The van der Waals surface area contributed by atoms with Gasteiger partial charge in [0.15, 0.2) is 0 Å². The molecule has 4 heteroatoms. The lowest BCUT2D eigenvalue weighted by Gasteiger charge is -2.26. The van der Waals surface area contributed by atoms with E-state index >= 15 is 0 Å². The number of aromatic nitrogens is 2. The van der Waals surface area contributed by atoms with Crippen molar-refractivity contribution in [1.29, 1.82) is 0 Å². The Hall–Kier alpha value is -1.94. The lowest BCUT2D eigenvalue weighted by Crippen LogP contribution is -2.27. The maximum Gasteiger partial charge on any atom is 0.140 e. The number of hydrogen-bond acceptors (Lipinski definition) is 2. The van der Waals surface area contributed by atoms with Crippen molar-refractivity contribution in [2.75, 3.05) is 20.1 Å². The predicted octanol–water partition coefficient (Wildman–Crippen LogP) is 3.11. The Bertz CT molecular complexity index is 735. The molecule has 1 aromatic carbocycles. The number of likely N-dealkylation sites (tertiary alicyclic amines) is 1. The Balaban J connectivity index is 1.93. The van der Waals surface area contributed by atoms with Gasteiger partial charge in [-0.1, -0.05) is 11.6 Å². The zero-order valence-electron chi connectivity index (χ0n) is 12.8. The second-order valence-electron chi connectivity index (χ2n) is 6.28. The third-order valence-corrected chi connectivity index (χ3v) is 4.85. The third kappa shape index (κ3) is 2.28. The van der Waals surface area contributed by atoms with E-state index in [0.717, 1.165) is 50.3 Å². The molecule has 0 spiro atoms. The van der Waals surface area contributed by atoms with Gasteiger partial charge in [0.25, 0.3) is 0 Å². The van der Waals surface area contributed by atoms with Gasteiger partial charge in [-0.2, -0.15) is 0 Å². The lowest BCUT2D eigenvalue weighted by atomic mass is 9.90. The summed E-state index contributed by atoms with van der Waals surface area (Å²) in [4.78, 5) is 6.94. The van der Waals surface area contributed by atoms with Gasteiger partial charge in [0.1, 0.15) is 11.6 Å². The number of hydrogen-bond donors (Lipinski definition) is 0. The van der Waals surface area contributed by atoms with E-state index in [1.165, 1.54) is 16.7 Å². The summed E-state index contributed by atoms with van der Waals surface area (Å²) >= 11 is 0. The minimum absolute atomic E-state index is 0.162. The van der Waals surface area contributed by atoms with E-state index in [0.29, 0.717) is 0 Å². The van der Waals surface area contributed by atoms with Crippen molar-refractivity contribution in [3.63, 3.8) is 0 Å². The van der Waals surface area contributed by atoms with Gasteiger partial charge < -0.3 is 9.47 Å². The van der Waals surface area contributed by atoms with Crippen LogP contribution in [-0.4, -0.2) is 34.6 Å². The van der Waals surface area contributed by atoms with Crippen LogP contribution in [0.2, 0.25) is 0 Å². The maximum atomic E-state index is 13.9. The van der Waals surface area contributed by atoms with Gasteiger partial charge >= 0.3 is 0 Å². The van der Waals surface area contributed by atoms with Crippen molar-refractivity contribution in [2.24, 2.45) is 0 Å². The normalized spacial score (nSPS) is 18.8. The van der Waals surface area contributed by atoms with Crippen molar-refractivity contribution in [3.8, 4) is 0 Å². The summed E-state index contributed by atoms with van der Waals surface area (Å²) in [6.07, 6.45) is 6.89. The largest absolute Gasteiger partial charge is 0.331 e. The highest BCUT2D eigenvalue weighted by Crippen LogP contribution is 2.35. The zero-order chi connectivity index (χ0) is 15.1. The van der Waals surface area contributed by atoms with Crippen molar-refractivity contribution >= 4 is 5.57 Å². The molecule has 0 N–H and O–H groups in total. The number of imidazole rings is 1. The molecule has 0 radical (unpaired) electrons. The fraction of sp³-hybridized carbons (Fsp3) is 0.389. The predicted molar refractivity (Wildman–Crippen MR) is 85.1 cm³/mol. The van der Waals surface area contributed by atoms with Crippen LogP contribution in [0.4, 0.5) is 4.39 Å². The van der Waals surface area contributed by atoms with Crippen LogP contribution in [0.15, 0.2) is 36.2 Å². The van der Waals surface area contributed by atoms with Crippen LogP contribution in [-0.2, 0) is 13.0 Å². The first-order valence-corrected chi connectivity index (χ1v) is 7.93. The molecule has 1 aromatic heterocycles. The molecular weight excluding hydrogens is 277 g/mol. The summed E-state index contributed by atoms with van der Waals surface area (Å²) in [6.45, 7) is 3.03. The molecule has 3 nitrogen and oxygen atoms in total. The number of halogens is 1. The molecule has 1 fully saturated rings. The second-order valence-corrected chi connectivity index (χ2v) is 6.28. The van der Waals surface area contributed by atoms with Crippen molar-refractivity contribution in [1.82, 2.24) is 14.5 Å². The Morgan fingerprint density at radius 2 is 1.91 bits per heavy atom. The number of rotatable bonds is 0. The van der Waals surface area contributed by atoms with Gasteiger partial charge in [-0.15, -0.1) is 0 Å². The third-order valence-electron chi connectivity index (χ3n) is 4.85. The molecule has 2 aromatic rings. The lowest BCUT2D eigenvalue weighted by molar-refractivity contribution is 0.313.